The van der Waals surface area contributed by atoms with Crippen LogP contribution < -0.4 is 10.5 Å². The third kappa shape index (κ3) is 4.99. The third-order valence-corrected chi connectivity index (χ3v) is 4.65. The van der Waals surface area contributed by atoms with Crippen LogP contribution in [0.2, 0.25) is 5.02 Å². The minimum absolute atomic E-state index is 0.0629. The smallest absolute Gasteiger partial charge is 0.244 e. The van der Waals surface area contributed by atoms with Gasteiger partial charge in [-0.1, -0.05) is 30.5 Å². The number of aliphatic hydroxyl groups excluding tert-OH is 1. The highest BCUT2D eigenvalue weighted by Gasteiger charge is 2.20. The van der Waals surface area contributed by atoms with Crippen molar-refractivity contribution in [2.24, 2.45) is 0 Å². The van der Waals surface area contributed by atoms with Gasteiger partial charge in [0.15, 0.2) is 0 Å². The van der Waals surface area contributed by atoms with Crippen LogP contribution >= 0.6 is 11.6 Å². The van der Waals surface area contributed by atoms with Crippen LogP contribution in [0.4, 0.5) is 5.69 Å². The summed E-state index contributed by atoms with van der Waals surface area (Å²) in [6, 6.07) is 4.60. The van der Waals surface area contributed by atoms with Crippen LogP contribution in [0.5, 0.6) is 0 Å². The Morgan fingerprint density at radius 1 is 1.21 bits per heavy atom. The number of aliphatic hydroxyl groups is 1. The molecule has 1 aromatic carbocycles. The van der Waals surface area contributed by atoms with Crippen molar-refractivity contribution in [3.63, 3.8) is 0 Å². The molecular weight excluding hydrogens is 288 g/mol. The summed E-state index contributed by atoms with van der Waals surface area (Å²) in [5, 5.41) is 8.74. The zero-order chi connectivity index (χ0) is 14.3. The lowest BCUT2D eigenvalue weighted by molar-refractivity contribution is 0.282. The van der Waals surface area contributed by atoms with E-state index < -0.39 is 10.0 Å². The van der Waals surface area contributed by atoms with E-state index in [1.807, 2.05) is 0 Å². The number of hydrogen-bond donors (Lipinski definition) is 3. The Bertz CT molecular complexity index is 485. The van der Waals surface area contributed by atoms with Crippen LogP contribution in [0.1, 0.15) is 25.7 Å². The summed E-state index contributed by atoms with van der Waals surface area (Å²) in [6.45, 7) is 0.500. The number of benzene rings is 1. The number of unbranched alkanes of at least 4 members (excludes halogenated alkanes) is 3. The molecule has 1 aromatic rings. The van der Waals surface area contributed by atoms with Gasteiger partial charge in [0.1, 0.15) is 4.90 Å². The molecule has 1 rings (SSSR count). The lowest BCUT2D eigenvalue weighted by Crippen LogP contribution is -2.26. The SMILES string of the molecule is Nc1cccc(Cl)c1S(=O)(=O)NCCCCCCO. The highest BCUT2D eigenvalue weighted by atomic mass is 35.5. The van der Waals surface area contributed by atoms with Crippen molar-refractivity contribution in [3.8, 4) is 0 Å². The largest absolute Gasteiger partial charge is 0.398 e. The van der Waals surface area contributed by atoms with Crippen molar-refractivity contribution < 1.29 is 13.5 Å². The van der Waals surface area contributed by atoms with Gasteiger partial charge in [0.25, 0.3) is 0 Å². The van der Waals surface area contributed by atoms with Gasteiger partial charge in [-0.2, -0.15) is 0 Å². The first-order valence-electron chi connectivity index (χ1n) is 6.13. The van der Waals surface area contributed by atoms with Crippen molar-refractivity contribution in [1.29, 1.82) is 0 Å². The molecule has 108 valence electrons. The predicted molar refractivity (Wildman–Crippen MR) is 76.6 cm³/mol. The third-order valence-electron chi connectivity index (χ3n) is 2.64. The van der Waals surface area contributed by atoms with E-state index in [4.69, 9.17) is 22.4 Å². The Morgan fingerprint density at radius 3 is 2.53 bits per heavy atom. The Morgan fingerprint density at radius 2 is 1.89 bits per heavy atom. The molecule has 0 atom stereocenters. The average molecular weight is 307 g/mol. The molecule has 0 spiro atoms. The maximum absolute atomic E-state index is 12.0. The summed E-state index contributed by atoms with van der Waals surface area (Å²) >= 11 is 5.87. The fourth-order valence-corrected chi connectivity index (χ4v) is 3.43. The molecule has 0 saturated carbocycles. The predicted octanol–water partition coefficient (Wildman–Crippen LogP) is 1.75. The normalized spacial score (nSPS) is 11.7. The fourth-order valence-electron chi connectivity index (χ4n) is 1.68. The van der Waals surface area contributed by atoms with Gasteiger partial charge < -0.3 is 10.8 Å². The van der Waals surface area contributed by atoms with Gasteiger partial charge >= 0.3 is 0 Å². The molecule has 0 aromatic heterocycles. The fraction of sp³-hybridized carbons (Fsp3) is 0.500. The van der Waals surface area contributed by atoms with Crippen LogP contribution in [-0.4, -0.2) is 26.7 Å². The first-order valence-corrected chi connectivity index (χ1v) is 7.99. The van der Waals surface area contributed by atoms with E-state index in [9.17, 15) is 8.42 Å². The summed E-state index contributed by atoms with van der Waals surface area (Å²) in [5.74, 6) is 0. The second-order valence-corrected chi connectivity index (χ2v) is 6.30. The van der Waals surface area contributed by atoms with E-state index in [0.29, 0.717) is 13.0 Å². The van der Waals surface area contributed by atoms with Crippen LogP contribution in [0.15, 0.2) is 23.1 Å². The lowest BCUT2D eigenvalue weighted by Gasteiger charge is -2.10. The average Bonchev–Trinajstić information content (AvgIpc) is 2.33. The first kappa shape index (κ1) is 16.2. The van der Waals surface area contributed by atoms with Crippen LogP contribution in [0.3, 0.4) is 0 Å². The molecule has 19 heavy (non-hydrogen) atoms. The molecule has 0 aliphatic rings. The van der Waals surface area contributed by atoms with E-state index in [1.165, 1.54) is 12.1 Å². The topological polar surface area (TPSA) is 92.4 Å². The van der Waals surface area contributed by atoms with Gasteiger partial charge in [-0.05, 0) is 25.0 Å². The number of nitrogens with two attached hydrogens (primary N) is 1. The number of hydrogen-bond acceptors (Lipinski definition) is 4. The van der Waals surface area contributed by atoms with Gasteiger partial charge in [0, 0.05) is 13.2 Å². The van der Waals surface area contributed by atoms with E-state index >= 15 is 0 Å². The highest BCUT2D eigenvalue weighted by Crippen LogP contribution is 2.26. The summed E-state index contributed by atoms with van der Waals surface area (Å²) < 4.78 is 26.6. The molecular formula is C12H19ClN2O3S. The second-order valence-electron chi connectivity index (χ2n) is 4.19. The number of nitrogens with one attached hydrogen (secondary N) is 1. The molecule has 0 unspecified atom stereocenters. The van der Waals surface area contributed by atoms with Crippen LogP contribution in [-0.2, 0) is 10.0 Å². The van der Waals surface area contributed by atoms with Crippen molar-refractivity contribution in [3.05, 3.63) is 23.2 Å². The molecule has 5 nitrogen and oxygen atoms in total. The quantitative estimate of drug-likeness (QED) is 0.504. The summed E-state index contributed by atoms with van der Waals surface area (Å²) in [5.41, 5.74) is 5.79. The number of sulfonamides is 1. The standard InChI is InChI=1S/C12H19ClN2O3S/c13-10-6-5-7-11(14)12(10)19(17,18)15-8-3-1-2-4-9-16/h5-7,15-16H,1-4,8-9,14H2. The zero-order valence-electron chi connectivity index (χ0n) is 10.6. The van der Waals surface area contributed by atoms with Crippen molar-refractivity contribution >= 4 is 27.3 Å². The molecule has 0 fully saturated rings. The maximum atomic E-state index is 12.0. The van der Waals surface area contributed by atoms with Gasteiger partial charge in [-0.25, -0.2) is 13.1 Å². The summed E-state index contributed by atoms with van der Waals surface area (Å²) in [4.78, 5) is -0.0629. The molecule has 0 radical (unpaired) electrons. The first-order chi connectivity index (χ1) is 8.99. The molecule has 0 saturated heterocycles. The Labute approximate surface area is 118 Å². The molecule has 0 aliphatic carbocycles. The molecule has 0 aliphatic heterocycles. The van der Waals surface area contributed by atoms with E-state index in [2.05, 4.69) is 4.72 Å². The summed E-state index contributed by atoms with van der Waals surface area (Å²) in [7, 11) is -3.67. The maximum Gasteiger partial charge on any atom is 0.244 e. The van der Waals surface area contributed by atoms with E-state index in [-0.39, 0.29) is 22.2 Å². The van der Waals surface area contributed by atoms with Crippen molar-refractivity contribution in [1.82, 2.24) is 4.72 Å². The Balaban J connectivity index is 2.57. The van der Waals surface area contributed by atoms with Gasteiger partial charge in [0.05, 0.1) is 10.7 Å². The Hall–Kier alpha value is -0.820. The van der Waals surface area contributed by atoms with Gasteiger partial charge in [0.2, 0.25) is 10.0 Å². The molecule has 0 bridgehead atoms. The minimum Gasteiger partial charge on any atom is -0.398 e. The lowest BCUT2D eigenvalue weighted by atomic mass is 10.2. The molecule has 4 N–H and O–H groups in total. The summed E-state index contributed by atoms with van der Waals surface area (Å²) in [6.07, 6.45) is 3.20. The van der Waals surface area contributed by atoms with E-state index in [1.54, 1.807) is 6.07 Å². The number of nitrogen functional groups attached to an aromatic ring is 1. The minimum atomic E-state index is -3.67. The Kier molecular flexibility index (Phi) is 6.57. The van der Waals surface area contributed by atoms with Gasteiger partial charge in [-0.15, -0.1) is 0 Å². The monoisotopic (exact) mass is 306 g/mol. The molecule has 7 heteroatoms. The number of anilines is 1. The van der Waals surface area contributed by atoms with Crippen molar-refractivity contribution in [2.45, 2.75) is 30.6 Å². The zero-order valence-corrected chi connectivity index (χ0v) is 12.2. The second kappa shape index (κ2) is 7.69. The van der Waals surface area contributed by atoms with Crippen LogP contribution in [0.25, 0.3) is 0 Å². The number of halogens is 1. The van der Waals surface area contributed by atoms with E-state index in [0.717, 1.165) is 19.3 Å². The molecule has 0 amide bonds. The van der Waals surface area contributed by atoms with Gasteiger partial charge in [-0.3, -0.25) is 0 Å². The molecule has 0 heterocycles. The van der Waals surface area contributed by atoms with Crippen LogP contribution in [0, 0.1) is 0 Å². The number of rotatable bonds is 8. The van der Waals surface area contributed by atoms with Crippen molar-refractivity contribution in [2.75, 3.05) is 18.9 Å². The highest BCUT2D eigenvalue weighted by molar-refractivity contribution is 7.89.